The molecule has 0 spiro atoms. The lowest BCUT2D eigenvalue weighted by molar-refractivity contribution is -0.128. The van der Waals surface area contributed by atoms with E-state index < -0.39 is 17.1 Å². The molecule has 1 saturated carbocycles. The first-order valence-electron chi connectivity index (χ1n) is 12.8. The molecule has 0 radical (unpaired) electrons. The van der Waals surface area contributed by atoms with Crippen LogP contribution in [0.5, 0.6) is 5.88 Å². The lowest BCUT2D eigenvalue weighted by atomic mass is 9.76. The number of aromatic nitrogens is 2. The molecule has 202 valence electrons. The molecule has 4 rings (SSSR count). The fourth-order valence-corrected chi connectivity index (χ4v) is 4.70. The summed E-state index contributed by atoms with van der Waals surface area (Å²) in [6.45, 7) is 9.76. The SMILES string of the molecule is CC1(C)CCC(Oc2ncnc3c(NC(=O)c4c(Cl)ccc(CNC(=O)C(C)(C)C)c4F)cccc23)CC1. The van der Waals surface area contributed by atoms with Gasteiger partial charge in [-0.05, 0) is 49.3 Å². The highest BCUT2D eigenvalue weighted by atomic mass is 35.5. The number of halogens is 2. The molecule has 1 heterocycles. The lowest BCUT2D eigenvalue weighted by Crippen LogP contribution is -2.34. The summed E-state index contributed by atoms with van der Waals surface area (Å²) < 4.78 is 21.6. The van der Waals surface area contributed by atoms with Gasteiger partial charge in [0.15, 0.2) is 0 Å². The molecule has 0 bridgehead atoms. The molecule has 0 unspecified atom stereocenters. The van der Waals surface area contributed by atoms with E-state index in [1.54, 1.807) is 32.9 Å². The van der Waals surface area contributed by atoms with Gasteiger partial charge in [0.05, 0.1) is 21.7 Å². The predicted octanol–water partition coefficient (Wildman–Crippen LogP) is 6.68. The summed E-state index contributed by atoms with van der Waals surface area (Å²) in [5.41, 5.74) is 0.399. The quantitative estimate of drug-likeness (QED) is 0.363. The Morgan fingerprint density at radius 1 is 1.13 bits per heavy atom. The van der Waals surface area contributed by atoms with Gasteiger partial charge in [-0.1, -0.05) is 58.4 Å². The molecule has 2 amide bonds. The maximum atomic E-state index is 15.4. The number of fused-ring (bicyclic) bond motifs is 1. The first-order chi connectivity index (χ1) is 17.9. The standard InChI is InChI=1S/C29H34ClFN4O3/c1-28(2,3)27(37)32-15-17-9-10-20(30)22(23(17)31)25(36)35-21-8-6-7-19-24(21)33-16-34-26(19)38-18-11-13-29(4,5)14-12-18/h6-10,16,18H,11-15H2,1-5H3,(H,32,37)(H,35,36). The Hall–Kier alpha value is -3.26. The van der Waals surface area contributed by atoms with E-state index in [9.17, 15) is 9.59 Å². The molecule has 1 fully saturated rings. The molecule has 0 atom stereocenters. The summed E-state index contributed by atoms with van der Waals surface area (Å²) in [4.78, 5) is 34.1. The second kappa shape index (κ2) is 10.8. The van der Waals surface area contributed by atoms with Crippen LogP contribution >= 0.6 is 11.6 Å². The van der Waals surface area contributed by atoms with Crippen LogP contribution in [0.1, 0.15) is 76.2 Å². The average Bonchev–Trinajstić information content (AvgIpc) is 2.84. The van der Waals surface area contributed by atoms with E-state index in [4.69, 9.17) is 16.3 Å². The number of anilines is 1. The number of benzene rings is 2. The van der Waals surface area contributed by atoms with Crippen molar-refractivity contribution in [3.05, 3.63) is 58.6 Å². The Morgan fingerprint density at radius 3 is 2.53 bits per heavy atom. The van der Waals surface area contributed by atoms with Crippen LogP contribution in [0.3, 0.4) is 0 Å². The summed E-state index contributed by atoms with van der Waals surface area (Å²) in [5.74, 6) is -1.29. The summed E-state index contributed by atoms with van der Waals surface area (Å²) in [7, 11) is 0. The fraction of sp³-hybridized carbons (Fsp3) is 0.448. The maximum Gasteiger partial charge on any atom is 0.260 e. The van der Waals surface area contributed by atoms with E-state index in [-0.39, 0.29) is 34.7 Å². The summed E-state index contributed by atoms with van der Waals surface area (Å²) in [6, 6.07) is 8.17. The van der Waals surface area contributed by atoms with Gasteiger partial charge in [-0.3, -0.25) is 9.59 Å². The molecule has 7 nitrogen and oxygen atoms in total. The zero-order chi connectivity index (χ0) is 27.7. The highest BCUT2D eigenvalue weighted by Crippen LogP contribution is 2.37. The van der Waals surface area contributed by atoms with Crippen molar-refractivity contribution in [3.63, 3.8) is 0 Å². The van der Waals surface area contributed by atoms with Crippen molar-refractivity contribution in [2.24, 2.45) is 10.8 Å². The predicted molar refractivity (Wildman–Crippen MR) is 147 cm³/mol. The number of para-hydroxylation sites is 1. The van der Waals surface area contributed by atoms with Crippen molar-refractivity contribution in [2.45, 2.75) is 73.0 Å². The molecule has 38 heavy (non-hydrogen) atoms. The fourth-order valence-electron chi connectivity index (χ4n) is 4.47. The first-order valence-corrected chi connectivity index (χ1v) is 13.2. The molecular weight excluding hydrogens is 507 g/mol. The number of hydrogen-bond donors (Lipinski definition) is 2. The number of carbonyl (C=O) groups is 2. The van der Waals surface area contributed by atoms with E-state index in [1.807, 2.05) is 6.07 Å². The molecule has 1 aliphatic carbocycles. The van der Waals surface area contributed by atoms with Crippen LogP contribution in [0.4, 0.5) is 10.1 Å². The van der Waals surface area contributed by atoms with Gasteiger partial charge >= 0.3 is 0 Å². The van der Waals surface area contributed by atoms with Gasteiger partial charge in [-0.25, -0.2) is 14.4 Å². The van der Waals surface area contributed by atoms with E-state index in [2.05, 4.69) is 34.4 Å². The third-order valence-corrected chi connectivity index (χ3v) is 7.27. The van der Waals surface area contributed by atoms with Gasteiger partial charge in [0.25, 0.3) is 5.91 Å². The monoisotopic (exact) mass is 540 g/mol. The van der Waals surface area contributed by atoms with Crippen molar-refractivity contribution in [3.8, 4) is 5.88 Å². The largest absolute Gasteiger partial charge is 0.474 e. The minimum absolute atomic E-state index is 0.0370. The van der Waals surface area contributed by atoms with Crippen molar-refractivity contribution in [2.75, 3.05) is 5.32 Å². The Kier molecular flexibility index (Phi) is 7.93. The number of amides is 2. The van der Waals surface area contributed by atoms with Gasteiger partial charge < -0.3 is 15.4 Å². The minimum atomic E-state index is -0.789. The Bertz CT molecular complexity index is 1360. The average molecular weight is 541 g/mol. The number of hydrogen-bond acceptors (Lipinski definition) is 5. The third kappa shape index (κ3) is 6.23. The van der Waals surface area contributed by atoms with Crippen LogP contribution < -0.4 is 15.4 Å². The van der Waals surface area contributed by atoms with Crippen molar-refractivity contribution in [1.29, 1.82) is 0 Å². The number of nitrogens with zero attached hydrogens (tertiary/aromatic N) is 2. The van der Waals surface area contributed by atoms with E-state index >= 15 is 4.39 Å². The second-order valence-electron chi connectivity index (χ2n) is 11.6. The van der Waals surface area contributed by atoms with Gasteiger partial charge in [-0.2, -0.15) is 0 Å². The van der Waals surface area contributed by atoms with E-state index in [1.165, 1.54) is 18.5 Å². The topological polar surface area (TPSA) is 93.2 Å². The minimum Gasteiger partial charge on any atom is -0.474 e. The normalized spacial score (nSPS) is 15.8. The molecule has 0 aliphatic heterocycles. The number of ether oxygens (including phenoxy) is 1. The van der Waals surface area contributed by atoms with Crippen molar-refractivity contribution < 1.29 is 18.7 Å². The van der Waals surface area contributed by atoms with Crippen LogP contribution in [0, 0.1) is 16.6 Å². The number of carbonyl (C=O) groups excluding carboxylic acids is 2. The zero-order valence-electron chi connectivity index (χ0n) is 22.5. The smallest absolute Gasteiger partial charge is 0.260 e. The van der Waals surface area contributed by atoms with Crippen molar-refractivity contribution >= 4 is 40.0 Å². The van der Waals surface area contributed by atoms with Gasteiger partial charge in [0.2, 0.25) is 11.8 Å². The summed E-state index contributed by atoms with van der Waals surface area (Å²) >= 11 is 6.24. The zero-order valence-corrected chi connectivity index (χ0v) is 23.2. The van der Waals surface area contributed by atoms with E-state index in [0.29, 0.717) is 27.9 Å². The molecule has 0 saturated heterocycles. The molecule has 2 N–H and O–H groups in total. The molecule has 3 aromatic rings. The maximum absolute atomic E-state index is 15.4. The molecule has 2 aromatic carbocycles. The first kappa shape index (κ1) is 27.8. The van der Waals surface area contributed by atoms with Gasteiger partial charge in [0, 0.05) is 17.5 Å². The Balaban J connectivity index is 1.56. The molecule has 1 aromatic heterocycles. The lowest BCUT2D eigenvalue weighted by Gasteiger charge is -2.34. The van der Waals surface area contributed by atoms with Gasteiger partial charge in [0.1, 0.15) is 23.8 Å². The van der Waals surface area contributed by atoms with Crippen LogP contribution in [-0.4, -0.2) is 27.9 Å². The van der Waals surface area contributed by atoms with Crippen LogP contribution in [0.2, 0.25) is 5.02 Å². The summed E-state index contributed by atoms with van der Waals surface area (Å²) in [5, 5.41) is 6.06. The molecule has 9 heteroatoms. The van der Waals surface area contributed by atoms with Crippen LogP contribution in [-0.2, 0) is 11.3 Å². The number of nitrogens with one attached hydrogen (secondary N) is 2. The molecule has 1 aliphatic rings. The molecular formula is C29H34ClFN4O3. The Labute approximate surface area is 227 Å². The Morgan fingerprint density at radius 2 is 1.84 bits per heavy atom. The third-order valence-electron chi connectivity index (χ3n) is 6.96. The van der Waals surface area contributed by atoms with Crippen LogP contribution in [0.15, 0.2) is 36.7 Å². The summed E-state index contributed by atoms with van der Waals surface area (Å²) in [6.07, 6.45) is 5.50. The van der Waals surface area contributed by atoms with Gasteiger partial charge in [-0.15, -0.1) is 0 Å². The second-order valence-corrected chi connectivity index (χ2v) is 12.1. The highest BCUT2D eigenvalue weighted by Gasteiger charge is 2.29. The number of rotatable bonds is 6. The van der Waals surface area contributed by atoms with Crippen molar-refractivity contribution in [1.82, 2.24) is 15.3 Å². The highest BCUT2D eigenvalue weighted by molar-refractivity contribution is 6.34. The van der Waals surface area contributed by atoms with E-state index in [0.717, 1.165) is 25.7 Å². The van der Waals surface area contributed by atoms with Crippen LogP contribution in [0.25, 0.3) is 10.9 Å².